The summed E-state index contributed by atoms with van der Waals surface area (Å²) < 4.78 is 51.7. The van der Waals surface area contributed by atoms with Crippen molar-refractivity contribution in [3.05, 3.63) is 99.1 Å². The maximum absolute atomic E-state index is 13.4. The number of nitrogens with zero attached hydrogens (tertiary/aromatic N) is 3. The molecule has 0 spiro atoms. The lowest BCUT2D eigenvalue weighted by Crippen LogP contribution is -2.51. The number of hydrogen-bond acceptors (Lipinski definition) is 12. The minimum absolute atomic E-state index is 0.141. The van der Waals surface area contributed by atoms with Gasteiger partial charge in [-0.25, -0.2) is 0 Å². The van der Waals surface area contributed by atoms with E-state index in [-0.39, 0.29) is 23.1 Å². The highest BCUT2D eigenvalue weighted by Gasteiger charge is 2.37. The molecule has 0 aromatic heterocycles. The minimum Gasteiger partial charge on any atom is -0.313 e. The summed E-state index contributed by atoms with van der Waals surface area (Å²) in [7, 11) is -7.33. The van der Waals surface area contributed by atoms with E-state index in [4.69, 9.17) is 9.11 Å². The van der Waals surface area contributed by atoms with Crippen molar-refractivity contribution in [3.8, 4) is 0 Å². The second-order valence-corrected chi connectivity index (χ2v) is 15.3. The third-order valence-corrected chi connectivity index (χ3v) is 8.11. The van der Waals surface area contributed by atoms with Gasteiger partial charge in [0.15, 0.2) is 0 Å². The zero-order chi connectivity index (χ0) is 39.4. The lowest BCUT2D eigenvalue weighted by Gasteiger charge is -2.32. The number of nitro groups is 1. The van der Waals surface area contributed by atoms with Gasteiger partial charge in [0.1, 0.15) is 0 Å². The number of imide groups is 2. The van der Waals surface area contributed by atoms with Gasteiger partial charge in [0.05, 0.1) is 23.0 Å². The van der Waals surface area contributed by atoms with Crippen LogP contribution in [0.1, 0.15) is 55.3 Å². The summed E-state index contributed by atoms with van der Waals surface area (Å²) in [4.78, 5) is 66.5. The summed E-state index contributed by atoms with van der Waals surface area (Å²) in [5, 5.41) is 20.4. The minimum atomic E-state index is -3.67. The van der Waals surface area contributed by atoms with Crippen molar-refractivity contribution in [2.24, 2.45) is 0 Å². The van der Waals surface area contributed by atoms with Crippen LogP contribution >= 0.6 is 0 Å². The number of nitro benzene ring substituents is 1. The van der Waals surface area contributed by atoms with Crippen LogP contribution in [0.3, 0.4) is 0 Å². The molecule has 2 heterocycles. The van der Waals surface area contributed by atoms with Crippen molar-refractivity contribution in [3.63, 3.8) is 0 Å². The van der Waals surface area contributed by atoms with Crippen molar-refractivity contribution in [1.82, 2.24) is 20.4 Å². The highest BCUT2D eigenvalue weighted by Crippen LogP contribution is 2.34. The molecule has 6 rings (SSSR count). The highest BCUT2D eigenvalue weighted by molar-refractivity contribution is 7.85. The maximum Gasteiger partial charge on any atom is 0.270 e. The van der Waals surface area contributed by atoms with E-state index in [2.05, 4.69) is 10.6 Å². The third kappa shape index (κ3) is 9.83. The number of carbonyl (C=O) groups is 4. The van der Waals surface area contributed by atoms with Gasteiger partial charge in [0.25, 0.3) is 49.6 Å². The van der Waals surface area contributed by atoms with Crippen molar-refractivity contribution in [1.29, 1.82) is 0 Å². The Balaban J connectivity index is 0.000000556. The largest absolute Gasteiger partial charge is 0.313 e. The highest BCUT2D eigenvalue weighted by atomic mass is 32.2. The molecule has 0 fully saturated rings. The first-order valence-electron chi connectivity index (χ1n) is 15.9. The van der Waals surface area contributed by atoms with Crippen LogP contribution < -0.4 is 10.6 Å². The van der Waals surface area contributed by atoms with E-state index >= 15 is 0 Å². The summed E-state index contributed by atoms with van der Waals surface area (Å²) in [5.41, 5.74) is 1.31. The molecule has 4 N–H and O–H groups in total. The molecule has 17 nitrogen and oxygen atoms in total. The van der Waals surface area contributed by atoms with Crippen molar-refractivity contribution in [2.75, 3.05) is 38.7 Å². The first-order valence-corrected chi connectivity index (χ1v) is 19.6. The van der Waals surface area contributed by atoms with E-state index in [0.717, 1.165) is 10.3 Å². The van der Waals surface area contributed by atoms with Gasteiger partial charge < -0.3 is 10.6 Å². The van der Waals surface area contributed by atoms with E-state index in [1.54, 1.807) is 37.3 Å². The van der Waals surface area contributed by atoms with Crippen LogP contribution in [0.25, 0.3) is 21.5 Å². The number of rotatable bonds is 10. The maximum atomic E-state index is 13.4. The molecular formula is C34H37N5O12S2. The fraction of sp³-hybridized carbons (Fsp3) is 0.294. The molecule has 282 valence electrons. The molecule has 53 heavy (non-hydrogen) atoms. The first kappa shape index (κ1) is 40.6. The second kappa shape index (κ2) is 16.2. The zero-order valence-corrected chi connectivity index (χ0v) is 30.6. The van der Waals surface area contributed by atoms with Crippen LogP contribution in [0.15, 0.2) is 66.7 Å². The molecule has 0 radical (unpaired) electrons. The lowest BCUT2D eigenvalue weighted by molar-refractivity contribution is -0.384. The summed E-state index contributed by atoms with van der Waals surface area (Å²) in [6, 6.07) is 17.5. The van der Waals surface area contributed by atoms with Gasteiger partial charge in [-0.3, -0.25) is 48.2 Å². The Hall–Kier alpha value is -5.18. The molecule has 2 atom stereocenters. The van der Waals surface area contributed by atoms with E-state index in [9.17, 15) is 46.1 Å². The molecule has 0 unspecified atom stereocenters. The molecule has 2 aliphatic rings. The first-order chi connectivity index (χ1) is 24.7. The predicted octanol–water partition coefficient (Wildman–Crippen LogP) is 2.76. The monoisotopic (exact) mass is 771 g/mol. The Kier molecular flexibility index (Phi) is 12.4. The molecule has 2 aliphatic heterocycles. The zero-order valence-electron chi connectivity index (χ0n) is 29.0. The molecular weight excluding hydrogens is 735 g/mol. The molecule has 4 amide bonds. The smallest absolute Gasteiger partial charge is 0.270 e. The lowest BCUT2D eigenvalue weighted by atomic mass is 9.92. The topological polar surface area (TPSA) is 251 Å². The van der Waals surface area contributed by atoms with Crippen LogP contribution in [0.5, 0.6) is 0 Å². The predicted molar refractivity (Wildman–Crippen MR) is 195 cm³/mol. The van der Waals surface area contributed by atoms with Gasteiger partial charge in [0, 0.05) is 77.9 Å². The van der Waals surface area contributed by atoms with Crippen LogP contribution in [-0.2, 0) is 20.2 Å². The number of non-ortho nitro benzene ring substituents is 1. The van der Waals surface area contributed by atoms with Gasteiger partial charge in [0.2, 0.25) is 0 Å². The van der Waals surface area contributed by atoms with E-state index in [1.807, 2.05) is 31.2 Å². The number of nitrogens with one attached hydrogen (secondary N) is 2. The van der Waals surface area contributed by atoms with Gasteiger partial charge in [-0.05, 0) is 42.8 Å². The average molecular weight is 772 g/mol. The molecule has 19 heteroatoms. The number of benzene rings is 4. The van der Waals surface area contributed by atoms with Crippen LogP contribution in [0.4, 0.5) is 5.69 Å². The van der Waals surface area contributed by atoms with Crippen LogP contribution in [0.2, 0.25) is 0 Å². The molecule has 0 saturated heterocycles. The Morgan fingerprint density at radius 2 is 0.981 bits per heavy atom. The standard InChI is InChI=1S/C32H29N5O6.2CH4O3S/c1-18(35-29(38)23-9-3-6-20-7-4-10-24(27(20)23)30(35)39)16-33-12-13-34-17-19(2)36-31(40)25-11-5-8-21-14-22(37(42)43)15-26(28(21)25)32(36)41;2*1-5(2,3)4/h3-11,14-15,18-19,33-34H,12-13,16-17H2,1-2H3;2*1H3,(H,2,3,4)/t18-,19+;;/m0../s1. The third-order valence-electron chi connectivity index (χ3n) is 8.11. The fourth-order valence-electron chi connectivity index (χ4n) is 6.05. The van der Waals surface area contributed by atoms with Gasteiger partial charge in [-0.2, -0.15) is 16.8 Å². The van der Waals surface area contributed by atoms with Crippen molar-refractivity contribution in [2.45, 2.75) is 25.9 Å². The van der Waals surface area contributed by atoms with Gasteiger partial charge >= 0.3 is 0 Å². The molecule has 0 saturated carbocycles. The van der Waals surface area contributed by atoms with Gasteiger partial charge in [-0.15, -0.1) is 0 Å². The summed E-state index contributed by atoms with van der Waals surface area (Å²) in [5.74, 6) is -1.62. The number of amides is 4. The molecule has 0 bridgehead atoms. The second-order valence-electron chi connectivity index (χ2n) is 12.4. The Morgan fingerprint density at radius 3 is 1.36 bits per heavy atom. The number of hydrogen-bond donors (Lipinski definition) is 4. The van der Waals surface area contributed by atoms with E-state index in [0.29, 0.717) is 71.5 Å². The fourth-order valence-corrected chi connectivity index (χ4v) is 6.05. The molecule has 4 aromatic rings. The van der Waals surface area contributed by atoms with Crippen molar-refractivity contribution >= 4 is 71.1 Å². The summed E-state index contributed by atoms with van der Waals surface area (Å²) >= 11 is 0. The SMILES string of the molecule is CS(=O)(=O)O.CS(=O)(=O)O.C[C@H](CNCCNC[C@H](C)N1C(=O)c2cccc3cccc(c23)C1=O)N1C(=O)c2cccc3cc([N+](=O)[O-])cc(c23)C1=O. The van der Waals surface area contributed by atoms with Crippen LogP contribution in [-0.4, -0.2) is 115 Å². The summed E-state index contributed by atoms with van der Waals surface area (Å²) in [6.45, 7) is 5.26. The Morgan fingerprint density at radius 1 is 0.642 bits per heavy atom. The quantitative estimate of drug-likeness (QED) is 0.0595. The molecule has 0 aliphatic carbocycles. The van der Waals surface area contributed by atoms with E-state index in [1.165, 1.54) is 17.0 Å². The average Bonchev–Trinajstić information content (AvgIpc) is 3.05. The Labute approximate surface area is 304 Å². The van der Waals surface area contributed by atoms with Crippen molar-refractivity contribution < 1.29 is 50.0 Å². The normalized spacial score (nSPS) is 15.1. The Bertz CT molecular complexity index is 2250. The van der Waals surface area contributed by atoms with Crippen LogP contribution in [0, 0.1) is 10.1 Å². The van der Waals surface area contributed by atoms with Gasteiger partial charge in [-0.1, -0.05) is 36.4 Å². The summed E-state index contributed by atoms with van der Waals surface area (Å²) in [6.07, 6.45) is 1.43. The van der Waals surface area contributed by atoms with E-state index < -0.39 is 49.1 Å². The number of carbonyl (C=O) groups excluding carboxylic acids is 4. The molecule has 4 aromatic carbocycles.